The summed E-state index contributed by atoms with van der Waals surface area (Å²) in [6.45, 7) is 1.24. The number of carbonyl (C=O) groups excluding carboxylic acids is 1. The van der Waals surface area contributed by atoms with Crippen LogP contribution in [0.15, 0.2) is 35.5 Å². The first kappa shape index (κ1) is 21.0. The van der Waals surface area contributed by atoms with Crippen LogP contribution in [0.5, 0.6) is 0 Å². The van der Waals surface area contributed by atoms with Crippen LogP contribution in [0.4, 0.5) is 23.4 Å². The molecule has 3 N–H and O–H groups in total. The average molecular weight is 422 g/mol. The molecular weight excluding hydrogens is 408 g/mol. The number of aliphatic imine (C=N–C) groups is 1. The second-order valence-corrected chi connectivity index (χ2v) is 6.60. The molecule has 3 heterocycles. The van der Waals surface area contributed by atoms with Crippen LogP contribution < -0.4 is 11.1 Å². The maximum Gasteiger partial charge on any atom is 0.425 e. The van der Waals surface area contributed by atoms with E-state index in [1.165, 1.54) is 25.3 Å². The summed E-state index contributed by atoms with van der Waals surface area (Å²) in [6, 6.07) is 5.87. The van der Waals surface area contributed by atoms with Gasteiger partial charge < -0.3 is 15.8 Å². The minimum atomic E-state index is -4.74. The van der Waals surface area contributed by atoms with Crippen molar-refractivity contribution in [2.24, 2.45) is 10.7 Å². The molecule has 1 aliphatic heterocycles. The lowest BCUT2D eigenvalue weighted by molar-refractivity contribution is -0.208. The van der Waals surface area contributed by atoms with Gasteiger partial charge in [-0.25, -0.2) is 19.4 Å². The van der Waals surface area contributed by atoms with Crippen LogP contribution in [0.1, 0.15) is 35.1 Å². The molecule has 0 aromatic carbocycles. The zero-order chi connectivity index (χ0) is 22.1. The second kappa shape index (κ2) is 7.58. The minimum Gasteiger partial charge on any atom is -0.452 e. The van der Waals surface area contributed by atoms with Gasteiger partial charge >= 0.3 is 6.18 Å². The fourth-order valence-corrected chi connectivity index (χ4v) is 2.86. The number of anilines is 1. The molecular formula is C18H14F4N6O2. The number of amidine groups is 1. The standard InChI is InChI=1S/C18H14F4N6O2/c1-17(6-12(18(20,21)22)30-16(24)28-17)14-10(19)3-5-13(26-14)27-15(29)11-4-2-9(7-23)8-25-11/h2-5,8,12H,6H2,1H3,(H2,24,28)(H,26,27,29)/t12-,17+/m0/s1. The Morgan fingerprint density at radius 1 is 1.37 bits per heavy atom. The van der Waals surface area contributed by atoms with Crippen LogP contribution in [0.3, 0.4) is 0 Å². The van der Waals surface area contributed by atoms with E-state index in [4.69, 9.17) is 11.0 Å². The summed E-state index contributed by atoms with van der Waals surface area (Å²) in [5.41, 5.74) is 3.37. The molecule has 30 heavy (non-hydrogen) atoms. The van der Waals surface area contributed by atoms with Crippen molar-refractivity contribution < 1.29 is 27.1 Å². The first-order chi connectivity index (χ1) is 14.0. The predicted molar refractivity (Wildman–Crippen MR) is 95.6 cm³/mol. The summed E-state index contributed by atoms with van der Waals surface area (Å²) in [6.07, 6.45) is -6.60. The first-order valence-corrected chi connectivity index (χ1v) is 8.45. The van der Waals surface area contributed by atoms with E-state index in [9.17, 15) is 22.4 Å². The van der Waals surface area contributed by atoms with E-state index >= 15 is 0 Å². The number of ether oxygens (including phenoxy) is 1. The number of nitrogens with zero attached hydrogens (tertiary/aromatic N) is 4. The number of nitrogens with two attached hydrogens (primary N) is 1. The van der Waals surface area contributed by atoms with Crippen molar-refractivity contribution in [3.05, 3.63) is 53.2 Å². The molecule has 2 aromatic rings. The Morgan fingerprint density at radius 3 is 2.70 bits per heavy atom. The third kappa shape index (κ3) is 4.29. The zero-order valence-electron chi connectivity index (χ0n) is 15.4. The molecule has 8 nitrogen and oxygen atoms in total. The van der Waals surface area contributed by atoms with Gasteiger partial charge in [-0.1, -0.05) is 0 Å². The maximum atomic E-state index is 14.4. The molecule has 0 saturated heterocycles. The fourth-order valence-electron chi connectivity index (χ4n) is 2.86. The largest absolute Gasteiger partial charge is 0.452 e. The van der Waals surface area contributed by atoms with E-state index in [1.54, 1.807) is 0 Å². The average Bonchev–Trinajstić information content (AvgIpc) is 2.68. The highest BCUT2D eigenvalue weighted by Crippen LogP contribution is 2.40. The smallest absolute Gasteiger partial charge is 0.425 e. The van der Waals surface area contributed by atoms with Gasteiger partial charge in [0.1, 0.15) is 34.6 Å². The van der Waals surface area contributed by atoms with Crippen LogP contribution in [-0.4, -0.2) is 34.2 Å². The third-order valence-electron chi connectivity index (χ3n) is 4.29. The number of rotatable bonds is 3. The summed E-state index contributed by atoms with van der Waals surface area (Å²) in [5.74, 6) is -1.77. The van der Waals surface area contributed by atoms with Crippen molar-refractivity contribution in [1.82, 2.24) is 9.97 Å². The van der Waals surface area contributed by atoms with Crippen molar-refractivity contribution in [3.8, 4) is 6.07 Å². The van der Waals surface area contributed by atoms with Crippen molar-refractivity contribution >= 4 is 17.7 Å². The minimum absolute atomic E-state index is 0.0432. The first-order valence-electron chi connectivity index (χ1n) is 8.45. The van der Waals surface area contributed by atoms with Crippen molar-refractivity contribution in [2.75, 3.05) is 5.32 Å². The van der Waals surface area contributed by atoms with Gasteiger partial charge in [0.15, 0.2) is 6.10 Å². The number of amides is 1. The molecule has 0 bridgehead atoms. The summed E-state index contributed by atoms with van der Waals surface area (Å²) in [5, 5.41) is 11.1. The highest BCUT2D eigenvalue weighted by Gasteiger charge is 2.50. The van der Waals surface area contributed by atoms with Crippen LogP contribution in [0.2, 0.25) is 0 Å². The second-order valence-electron chi connectivity index (χ2n) is 6.60. The monoisotopic (exact) mass is 422 g/mol. The Balaban J connectivity index is 1.90. The van der Waals surface area contributed by atoms with Crippen molar-refractivity contribution in [3.63, 3.8) is 0 Å². The molecule has 12 heteroatoms. The molecule has 3 rings (SSSR count). The normalized spacial score (nSPS) is 21.2. The van der Waals surface area contributed by atoms with E-state index in [1.807, 2.05) is 6.07 Å². The van der Waals surface area contributed by atoms with E-state index in [2.05, 4.69) is 25.0 Å². The lowest BCUT2D eigenvalue weighted by Crippen LogP contribution is -2.46. The van der Waals surface area contributed by atoms with Gasteiger partial charge in [0, 0.05) is 12.6 Å². The number of halogens is 4. The molecule has 2 aromatic heterocycles. The quantitative estimate of drug-likeness (QED) is 0.733. The number of nitrogens with one attached hydrogen (secondary N) is 1. The summed E-state index contributed by atoms with van der Waals surface area (Å²) >= 11 is 0. The summed E-state index contributed by atoms with van der Waals surface area (Å²) in [4.78, 5) is 23.9. The summed E-state index contributed by atoms with van der Waals surface area (Å²) in [7, 11) is 0. The predicted octanol–water partition coefficient (Wildman–Crippen LogP) is 2.62. The highest BCUT2D eigenvalue weighted by molar-refractivity contribution is 6.02. The van der Waals surface area contributed by atoms with Gasteiger partial charge in [0.25, 0.3) is 11.9 Å². The molecule has 0 unspecified atom stereocenters. The van der Waals surface area contributed by atoms with E-state index < -0.39 is 47.7 Å². The molecule has 0 spiro atoms. The van der Waals surface area contributed by atoms with Crippen molar-refractivity contribution in [2.45, 2.75) is 31.2 Å². The number of hydrogen-bond donors (Lipinski definition) is 2. The Morgan fingerprint density at radius 2 is 2.10 bits per heavy atom. The zero-order valence-corrected chi connectivity index (χ0v) is 15.4. The molecule has 0 saturated carbocycles. The van der Waals surface area contributed by atoms with Crippen LogP contribution in [0.25, 0.3) is 0 Å². The Hall–Kier alpha value is -3.75. The van der Waals surface area contributed by atoms with E-state index in [0.29, 0.717) is 0 Å². The van der Waals surface area contributed by atoms with Gasteiger partial charge in [-0.3, -0.25) is 4.79 Å². The number of nitriles is 1. The topological polar surface area (TPSA) is 126 Å². The molecule has 2 atom stereocenters. The maximum absolute atomic E-state index is 14.4. The van der Waals surface area contributed by atoms with Crippen molar-refractivity contribution in [1.29, 1.82) is 5.26 Å². The lowest BCUT2D eigenvalue weighted by Gasteiger charge is -2.35. The number of carbonyl (C=O) groups is 1. The van der Waals surface area contributed by atoms with Gasteiger partial charge in [0.2, 0.25) is 0 Å². The molecule has 156 valence electrons. The Kier molecular flexibility index (Phi) is 5.30. The van der Waals surface area contributed by atoms with Crippen LogP contribution in [-0.2, 0) is 10.3 Å². The molecule has 0 radical (unpaired) electrons. The number of alkyl halides is 3. The van der Waals surface area contributed by atoms with Gasteiger partial charge in [-0.2, -0.15) is 18.4 Å². The van der Waals surface area contributed by atoms with Crippen LogP contribution in [0, 0.1) is 17.1 Å². The molecule has 1 amide bonds. The Labute approximate surface area is 167 Å². The van der Waals surface area contributed by atoms with Gasteiger partial charge in [0.05, 0.1) is 5.56 Å². The molecule has 0 aliphatic carbocycles. The van der Waals surface area contributed by atoms with Gasteiger partial charge in [-0.15, -0.1) is 0 Å². The highest BCUT2D eigenvalue weighted by atomic mass is 19.4. The van der Waals surface area contributed by atoms with E-state index in [-0.39, 0.29) is 17.1 Å². The molecule has 1 aliphatic rings. The van der Waals surface area contributed by atoms with Gasteiger partial charge in [-0.05, 0) is 31.2 Å². The Bertz CT molecular complexity index is 1050. The molecule has 0 fully saturated rings. The lowest BCUT2D eigenvalue weighted by atomic mass is 9.89. The summed E-state index contributed by atoms with van der Waals surface area (Å²) < 4.78 is 58.4. The third-order valence-corrected chi connectivity index (χ3v) is 4.29. The SMILES string of the molecule is C[C@]1(c2nc(NC(=O)c3ccc(C#N)cn3)ccc2F)C[C@@H](C(F)(F)F)OC(N)=N1. The number of pyridine rings is 2. The van der Waals surface area contributed by atoms with E-state index in [0.717, 1.165) is 12.1 Å². The number of aromatic nitrogens is 2. The fraction of sp³-hybridized carbons (Fsp3) is 0.278. The van der Waals surface area contributed by atoms with Crippen LogP contribution >= 0.6 is 0 Å². The number of hydrogen-bond acceptors (Lipinski definition) is 7.